The van der Waals surface area contributed by atoms with Crippen LogP contribution in [-0.4, -0.2) is 32.9 Å². The topological polar surface area (TPSA) is 79.4 Å². The highest BCUT2D eigenvalue weighted by Crippen LogP contribution is 2.36. The van der Waals surface area contributed by atoms with Crippen LogP contribution in [0, 0.1) is 6.92 Å². The molecule has 2 heterocycles. The number of aryl methyl sites for hydroxylation is 1. The van der Waals surface area contributed by atoms with Gasteiger partial charge in [0.1, 0.15) is 17.1 Å². The van der Waals surface area contributed by atoms with Crippen LogP contribution in [0.2, 0.25) is 0 Å². The molecule has 0 bridgehead atoms. The van der Waals surface area contributed by atoms with Crippen molar-refractivity contribution in [2.24, 2.45) is 4.99 Å². The molecular weight excluding hydrogens is 434 g/mol. The van der Waals surface area contributed by atoms with Crippen LogP contribution in [-0.2, 0) is 0 Å². The van der Waals surface area contributed by atoms with E-state index in [-0.39, 0.29) is 11.5 Å². The normalized spacial score (nSPS) is 11.4. The van der Waals surface area contributed by atoms with Crippen LogP contribution in [0.15, 0.2) is 64.2 Å². The van der Waals surface area contributed by atoms with E-state index in [4.69, 9.17) is 9.72 Å². The van der Waals surface area contributed by atoms with Crippen LogP contribution in [0.4, 0.5) is 5.82 Å². The first-order valence-corrected chi connectivity index (χ1v) is 9.64. The van der Waals surface area contributed by atoms with Gasteiger partial charge in [-0.15, -0.1) is 0 Å². The van der Waals surface area contributed by atoms with Crippen LogP contribution in [0.3, 0.4) is 0 Å². The number of aliphatic imine (C=N–C) groups is 1. The number of pyridine rings is 1. The van der Waals surface area contributed by atoms with Gasteiger partial charge in [-0.1, -0.05) is 15.9 Å². The van der Waals surface area contributed by atoms with Crippen LogP contribution >= 0.6 is 15.9 Å². The van der Waals surface area contributed by atoms with E-state index in [1.807, 2.05) is 29.7 Å². The first-order valence-electron chi connectivity index (χ1n) is 8.85. The lowest BCUT2D eigenvalue weighted by Gasteiger charge is -2.06. The van der Waals surface area contributed by atoms with Crippen molar-refractivity contribution in [2.45, 2.75) is 6.92 Å². The number of rotatable bonds is 4. The summed E-state index contributed by atoms with van der Waals surface area (Å²) in [6.45, 7) is 2.00. The molecule has 7 heteroatoms. The van der Waals surface area contributed by atoms with E-state index in [0.717, 1.165) is 21.2 Å². The monoisotopic (exact) mass is 451 g/mol. The maximum atomic E-state index is 10.1. The SMILES string of the molecule is COc1cc(-c2nc3cc(C)ccn3c2N=Cc2cc(Br)ccc2O)ccc1O. The second kappa shape index (κ2) is 7.60. The highest BCUT2D eigenvalue weighted by Gasteiger charge is 2.15. The summed E-state index contributed by atoms with van der Waals surface area (Å²) in [6.07, 6.45) is 3.51. The molecule has 0 fully saturated rings. The van der Waals surface area contributed by atoms with Crippen molar-refractivity contribution in [3.8, 4) is 28.5 Å². The Hall–Kier alpha value is -3.32. The second-order valence-corrected chi connectivity index (χ2v) is 7.48. The summed E-state index contributed by atoms with van der Waals surface area (Å²) in [5.41, 5.74) is 3.80. The van der Waals surface area contributed by atoms with E-state index in [1.54, 1.807) is 42.6 Å². The summed E-state index contributed by atoms with van der Waals surface area (Å²) in [7, 11) is 1.50. The van der Waals surface area contributed by atoms with E-state index in [0.29, 0.717) is 22.8 Å². The van der Waals surface area contributed by atoms with Crippen molar-refractivity contribution in [2.75, 3.05) is 7.11 Å². The Morgan fingerprint density at radius 3 is 2.66 bits per heavy atom. The molecule has 0 saturated carbocycles. The minimum absolute atomic E-state index is 0.0555. The van der Waals surface area contributed by atoms with Crippen molar-refractivity contribution >= 4 is 33.6 Å². The van der Waals surface area contributed by atoms with Gasteiger partial charge in [0.05, 0.1) is 7.11 Å². The molecule has 6 nitrogen and oxygen atoms in total. The number of phenols is 2. The largest absolute Gasteiger partial charge is 0.507 e. The molecule has 0 aliphatic rings. The predicted octanol–water partition coefficient (Wildman–Crippen LogP) is 5.24. The van der Waals surface area contributed by atoms with E-state index in [1.165, 1.54) is 7.11 Å². The first-order chi connectivity index (χ1) is 14.0. The average Bonchev–Trinajstić information content (AvgIpc) is 3.06. The summed E-state index contributed by atoms with van der Waals surface area (Å²) in [5, 5.41) is 20.0. The van der Waals surface area contributed by atoms with Crippen LogP contribution in [0.5, 0.6) is 17.2 Å². The molecular formula is C22H18BrN3O3. The Morgan fingerprint density at radius 1 is 1.07 bits per heavy atom. The van der Waals surface area contributed by atoms with E-state index >= 15 is 0 Å². The molecule has 29 heavy (non-hydrogen) atoms. The highest BCUT2D eigenvalue weighted by atomic mass is 79.9. The Balaban J connectivity index is 1.91. The lowest BCUT2D eigenvalue weighted by molar-refractivity contribution is 0.373. The van der Waals surface area contributed by atoms with Crippen LogP contribution < -0.4 is 4.74 Å². The first kappa shape index (κ1) is 19.0. The van der Waals surface area contributed by atoms with Crippen molar-refractivity contribution in [3.63, 3.8) is 0 Å². The van der Waals surface area contributed by atoms with Crippen LogP contribution in [0.25, 0.3) is 16.9 Å². The number of aromatic nitrogens is 2. The molecule has 2 aromatic heterocycles. The third-order valence-corrected chi connectivity index (χ3v) is 5.02. The Kier molecular flexibility index (Phi) is 4.98. The van der Waals surface area contributed by atoms with Crippen LogP contribution in [0.1, 0.15) is 11.1 Å². The lowest BCUT2D eigenvalue weighted by Crippen LogP contribution is -1.88. The van der Waals surface area contributed by atoms with Crippen molar-refractivity contribution in [1.82, 2.24) is 9.38 Å². The molecule has 4 rings (SSSR count). The van der Waals surface area contributed by atoms with Gasteiger partial charge in [0.15, 0.2) is 17.3 Å². The van der Waals surface area contributed by atoms with Crippen molar-refractivity contribution in [1.29, 1.82) is 0 Å². The maximum Gasteiger partial charge on any atom is 0.165 e. The number of aromatic hydroxyl groups is 2. The fourth-order valence-corrected chi connectivity index (χ4v) is 3.41. The molecule has 0 spiro atoms. The molecule has 4 aromatic rings. The smallest absolute Gasteiger partial charge is 0.165 e. The Morgan fingerprint density at radius 2 is 1.86 bits per heavy atom. The number of nitrogens with zero attached hydrogens (tertiary/aromatic N) is 3. The second-order valence-electron chi connectivity index (χ2n) is 6.56. The molecule has 0 atom stereocenters. The molecule has 0 radical (unpaired) electrons. The molecule has 0 amide bonds. The molecule has 0 aliphatic heterocycles. The van der Waals surface area contributed by atoms with Crippen molar-refractivity contribution in [3.05, 3.63) is 70.3 Å². The summed E-state index contributed by atoms with van der Waals surface area (Å²) in [5.74, 6) is 1.15. The third-order valence-electron chi connectivity index (χ3n) is 4.53. The Bertz CT molecular complexity index is 1250. The molecule has 0 saturated heterocycles. The summed E-state index contributed by atoms with van der Waals surface area (Å²) in [4.78, 5) is 9.38. The number of hydrogen-bond donors (Lipinski definition) is 2. The molecule has 2 N–H and O–H groups in total. The summed E-state index contributed by atoms with van der Waals surface area (Å²) >= 11 is 3.41. The maximum absolute atomic E-state index is 10.1. The molecule has 0 aliphatic carbocycles. The number of ether oxygens (including phenoxy) is 1. The fourth-order valence-electron chi connectivity index (χ4n) is 3.04. The standard InChI is InChI=1S/C22H18BrN3O3/c1-13-7-8-26-20(9-13)25-21(14-3-5-18(28)19(11-14)29-2)22(26)24-12-15-10-16(23)4-6-17(15)27/h3-12,27-28H,1-2H3. The zero-order valence-electron chi connectivity index (χ0n) is 15.8. The van der Waals surface area contributed by atoms with Gasteiger partial charge in [-0.3, -0.25) is 4.40 Å². The number of hydrogen-bond acceptors (Lipinski definition) is 5. The van der Waals surface area contributed by atoms with Gasteiger partial charge in [0, 0.05) is 28.0 Å². The zero-order chi connectivity index (χ0) is 20.5. The van der Waals surface area contributed by atoms with Gasteiger partial charge < -0.3 is 14.9 Å². The predicted molar refractivity (Wildman–Crippen MR) is 117 cm³/mol. The number of phenolic OH excluding ortho intramolecular Hbond substituents is 2. The summed E-state index contributed by atoms with van der Waals surface area (Å²) < 4.78 is 7.96. The van der Waals surface area contributed by atoms with Gasteiger partial charge in [0.2, 0.25) is 0 Å². The number of halogens is 1. The fraction of sp³-hybridized carbons (Fsp3) is 0.0909. The van der Waals surface area contributed by atoms with Gasteiger partial charge in [0.25, 0.3) is 0 Å². The summed E-state index contributed by atoms with van der Waals surface area (Å²) in [6, 6.07) is 14.2. The van der Waals surface area contributed by atoms with Gasteiger partial charge >= 0.3 is 0 Å². The number of benzene rings is 2. The highest BCUT2D eigenvalue weighted by molar-refractivity contribution is 9.10. The number of fused-ring (bicyclic) bond motifs is 1. The van der Waals surface area contributed by atoms with E-state index < -0.39 is 0 Å². The van der Waals surface area contributed by atoms with Gasteiger partial charge in [-0.25, -0.2) is 9.98 Å². The number of imidazole rings is 1. The molecule has 0 unspecified atom stereocenters. The minimum Gasteiger partial charge on any atom is -0.507 e. The third kappa shape index (κ3) is 3.69. The van der Waals surface area contributed by atoms with Gasteiger partial charge in [-0.2, -0.15) is 0 Å². The minimum atomic E-state index is 0.0555. The van der Waals surface area contributed by atoms with Gasteiger partial charge in [-0.05, 0) is 61.0 Å². The zero-order valence-corrected chi connectivity index (χ0v) is 17.4. The Labute approximate surface area is 175 Å². The van der Waals surface area contributed by atoms with E-state index in [9.17, 15) is 10.2 Å². The van der Waals surface area contributed by atoms with Crippen molar-refractivity contribution < 1.29 is 14.9 Å². The molecule has 146 valence electrons. The number of methoxy groups -OCH3 is 1. The molecule has 2 aromatic carbocycles. The quantitative estimate of drug-likeness (QED) is 0.415. The average molecular weight is 452 g/mol. The van der Waals surface area contributed by atoms with E-state index in [2.05, 4.69) is 20.9 Å². The lowest BCUT2D eigenvalue weighted by atomic mass is 10.1.